The summed E-state index contributed by atoms with van der Waals surface area (Å²) >= 11 is 0. The Hall–Kier alpha value is -2.36. The van der Waals surface area contributed by atoms with Crippen molar-refractivity contribution in [1.29, 1.82) is 0 Å². The van der Waals surface area contributed by atoms with Gasteiger partial charge in [-0.2, -0.15) is 9.13 Å². The molecule has 0 aromatic carbocycles. The Bertz CT molecular complexity index is 539. The summed E-state index contributed by atoms with van der Waals surface area (Å²) in [7, 11) is 0. The molecule has 0 saturated heterocycles. The average molecular weight is 268 g/mol. The molecule has 20 heavy (non-hydrogen) atoms. The molecule has 2 heterocycles. The Balaban J connectivity index is 1.87. The largest absolute Gasteiger partial charge is 0.252 e. The van der Waals surface area contributed by atoms with E-state index in [-0.39, 0.29) is 0 Å². The van der Waals surface area contributed by atoms with Crippen molar-refractivity contribution in [3.63, 3.8) is 0 Å². The lowest BCUT2D eigenvalue weighted by Crippen LogP contribution is -2.39. The van der Waals surface area contributed by atoms with Crippen LogP contribution in [0.1, 0.15) is 24.2 Å². The van der Waals surface area contributed by atoms with E-state index in [0.717, 1.165) is 37.3 Å². The summed E-state index contributed by atoms with van der Waals surface area (Å²) in [5, 5.41) is 0. The second-order valence-electron chi connectivity index (χ2n) is 4.50. The van der Waals surface area contributed by atoms with E-state index in [4.69, 9.17) is 0 Å². The summed E-state index contributed by atoms with van der Waals surface area (Å²) in [6.07, 6.45) is 17.1. The minimum Gasteiger partial charge on any atom is -0.252 e. The van der Waals surface area contributed by atoms with Crippen LogP contribution in [0.3, 0.4) is 0 Å². The fourth-order valence-corrected chi connectivity index (χ4v) is 2.11. The molecule has 0 aliphatic heterocycles. The van der Waals surface area contributed by atoms with Crippen LogP contribution in [0.2, 0.25) is 0 Å². The van der Waals surface area contributed by atoms with Crippen LogP contribution in [-0.2, 0) is 13.1 Å². The molecule has 0 bridgehead atoms. The van der Waals surface area contributed by atoms with Crippen molar-refractivity contribution in [1.82, 2.24) is 9.97 Å². The van der Waals surface area contributed by atoms with Crippen LogP contribution in [0.5, 0.6) is 0 Å². The van der Waals surface area contributed by atoms with Gasteiger partial charge in [0.2, 0.25) is 11.4 Å². The third-order valence-electron chi connectivity index (χ3n) is 3.21. The maximum Gasteiger partial charge on any atom is 0.223 e. The van der Waals surface area contributed by atoms with Crippen molar-refractivity contribution in [3.8, 4) is 0 Å². The first-order valence-corrected chi connectivity index (χ1v) is 6.77. The highest BCUT2D eigenvalue weighted by atomic mass is 15.0. The summed E-state index contributed by atoms with van der Waals surface area (Å²) in [6.45, 7) is 9.56. The van der Waals surface area contributed by atoms with E-state index in [9.17, 15) is 0 Å². The molecule has 2 aromatic heterocycles. The normalized spacial score (nSPS) is 10.2. The second-order valence-corrected chi connectivity index (χ2v) is 4.50. The highest BCUT2D eigenvalue weighted by Gasteiger charge is 2.09. The van der Waals surface area contributed by atoms with Crippen LogP contribution >= 0.6 is 0 Å². The van der Waals surface area contributed by atoms with E-state index in [2.05, 4.69) is 32.3 Å². The molecule has 0 radical (unpaired) electrons. The average Bonchev–Trinajstić information content (AvgIpc) is 2.52. The number of hydrogen-bond acceptors (Lipinski definition) is 2. The first kappa shape index (κ1) is 14.1. The minimum atomic E-state index is 0.971. The van der Waals surface area contributed by atoms with Crippen molar-refractivity contribution in [3.05, 3.63) is 61.7 Å². The highest BCUT2D eigenvalue weighted by molar-refractivity contribution is 5.35. The summed E-state index contributed by atoms with van der Waals surface area (Å²) < 4.78 is 4.34. The zero-order valence-electron chi connectivity index (χ0n) is 11.7. The topological polar surface area (TPSA) is 33.5 Å². The Kier molecular flexibility index (Phi) is 5.12. The molecule has 0 amide bonds. The van der Waals surface area contributed by atoms with E-state index in [0.29, 0.717) is 0 Å². The van der Waals surface area contributed by atoms with Crippen molar-refractivity contribution in [2.45, 2.75) is 25.9 Å². The SMILES string of the molecule is C=Cc1cncc[n+]1CCCC[n+]1ccncc1C=C. The lowest BCUT2D eigenvalue weighted by Gasteiger charge is -2.01. The standard InChI is InChI=1S/C16H20N4/c1-3-15-13-17-7-11-19(15)9-5-6-10-20-12-8-18-14-16(20)4-2/h3-4,7-8,11-14H,1-2,5-6,9-10H2/q+2. The Morgan fingerprint density at radius 1 is 0.850 bits per heavy atom. The van der Waals surface area contributed by atoms with Gasteiger partial charge in [0.05, 0.1) is 24.8 Å². The summed E-state index contributed by atoms with van der Waals surface area (Å²) in [5.74, 6) is 0. The highest BCUT2D eigenvalue weighted by Crippen LogP contribution is 1.96. The van der Waals surface area contributed by atoms with E-state index in [1.807, 2.05) is 36.9 Å². The van der Waals surface area contributed by atoms with Gasteiger partial charge >= 0.3 is 0 Å². The number of aromatic nitrogens is 4. The minimum absolute atomic E-state index is 0.971. The molecule has 0 spiro atoms. The number of rotatable bonds is 7. The van der Waals surface area contributed by atoms with Gasteiger partial charge in [-0.3, -0.25) is 9.97 Å². The van der Waals surface area contributed by atoms with Gasteiger partial charge in [0.25, 0.3) is 0 Å². The molecule has 0 aliphatic rings. The van der Waals surface area contributed by atoms with Gasteiger partial charge in [-0.25, -0.2) is 0 Å². The van der Waals surface area contributed by atoms with Crippen LogP contribution in [0.25, 0.3) is 12.2 Å². The van der Waals surface area contributed by atoms with Crippen molar-refractivity contribution < 1.29 is 9.13 Å². The molecule has 4 heteroatoms. The molecule has 0 aliphatic carbocycles. The predicted octanol–water partition coefficient (Wildman–Crippen LogP) is 1.82. The van der Waals surface area contributed by atoms with Gasteiger partial charge in [-0.05, 0) is 0 Å². The van der Waals surface area contributed by atoms with Crippen molar-refractivity contribution >= 4 is 12.2 Å². The van der Waals surface area contributed by atoms with Crippen LogP contribution in [0, 0.1) is 0 Å². The van der Waals surface area contributed by atoms with Gasteiger partial charge in [-0.1, -0.05) is 13.2 Å². The van der Waals surface area contributed by atoms with E-state index >= 15 is 0 Å². The lowest BCUT2D eigenvalue weighted by molar-refractivity contribution is -0.710. The number of nitrogens with zero attached hydrogens (tertiary/aromatic N) is 4. The Morgan fingerprint density at radius 2 is 1.30 bits per heavy atom. The fraction of sp³-hybridized carbons (Fsp3) is 0.250. The van der Waals surface area contributed by atoms with Crippen molar-refractivity contribution in [2.24, 2.45) is 0 Å². The third kappa shape index (κ3) is 3.57. The molecule has 0 unspecified atom stereocenters. The fourth-order valence-electron chi connectivity index (χ4n) is 2.11. The molecule has 0 N–H and O–H groups in total. The van der Waals surface area contributed by atoms with Crippen LogP contribution in [0.4, 0.5) is 0 Å². The first-order valence-electron chi connectivity index (χ1n) is 6.77. The van der Waals surface area contributed by atoms with Gasteiger partial charge in [-0.15, -0.1) is 0 Å². The summed E-state index contributed by atoms with van der Waals surface area (Å²) in [4.78, 5) is 8.20. The van der Waals surface area contributed by atoms with Crippen LogP contribution in [0.15, 0.2) is 50.3 Å². The molecule has 2 aromatic rings. The van der Waals surface area contributed by atoms with Crippen LogP contribution < -0.4 is 9.13 Å². The number of aryl methyl sites for hydroxylation is 2. The molecule has 0 fully saturated rings. The molecule has 4 nitrogen and oxygen atoms in total. The van der Waals surface area contributed by atoms with Gasteiger partial charge in [0.15, 0.2) is 12.4 Å². The molecular formula is C16H20N4+2. The van der Waals surface area contributed by atoms with Gasteiger partial charge in [0, 0.05) is 25.0 Å². The molecule has 102 valence electrons. The summed E-state index contributed by atoms with van der Waals surface area (Å²) in [5.41, 5.74) is 2.10. The Morgan fingerprint density at radius 3 is 1.70 bits per heavy atom. The Labute approximate surface area is 119 Å². The van der Waals surface area contributed by atoms with E-state index in [1.165, 1.54) is 0 Å². The third-order valence-corrected chi connectivity index (χ3v) is 3.21. The zero-order chi connectivity index (χ0) is 14.2. The van der Waals surface area contributed by atoms with Gasteiger partial charge in [0.1, 0.15) is 13.1 Å². The maximum atomic E-state index is 4.10. The predicted molar refractivity (Wildman–Crippen MR) is 78.3 cm³/mol. The summed E-state index contributed by atoms with van der Waals surface area (Å²) in [6, 6.07) is 0. The van der Waals surface area contributed by atoms with E-state index < -0.39 is 0 Å². The molecule has 2 rings (SSSR count). The monoisotopic (exact) mass is 268 g/mol. The van der Waals surface area contributed by atoms with E-state index in [1.54, 1.807) is 12.4 Å². The molecular weight excluding hydrogens is 248 g/mol. The second kappa shape index (κ2) is 7.28. The maximum absolute atomic E-state index is 4.10. The quantitative estimate of drug-likeness (QED) is 0.567. The first-order chi connectivity index (χ1) is 9.85. The zero-order valence-corrected chi connectivity index (χ0v) is 11.7. The number of hydrogen-bond donors (Lipinski definition) is 0. The molecule has 0 saturated carbocycles. The van der Waals surface area contributed by atoms with Gasteiger partial charge < -0.3 is 0 Å². The lowest BCUT2D eigenvalue weighted by atomic mass is 10.2. The molecule has 0 atom stereocenters. The van der Waals surface area contributed by atoms with Crippen molar-refractivity contribution in [2.75, 3.05) is 0 Å². The van der Waals surface area contributed by atoms with Crippen LogP contribution in [-0.4, -0.2) is 9.97 Å². The number of unbranched alkanes of at least 4 members (excludes halogenated alkanes) is 1. The smallest absolute Gasteiger partial charge is 0.223 e.